The highest BCUT2D eigenvalue weighted by Gasteiger charge is 2.33. The van der Waals surface area contributed by atoms with Crippen molar-refractivity contribution in [3.05, 3.63) is 59.7 Å². The van der Waals surface area contributed by atoms with Crippen LogP contribution in [-0.4, -0.2) is 33.2 Å². The van der Waals surface area contributed by atoms with Crippen LogP contribution in [0.3, 0.4) is 0 Å². The summed E-state index contributed by atoms with van der Waals surface area (Å²) in [5.74, 6) is 1.57. The molecule has 7 heteroatoms. The van der Waals surface area contributed by atoms with Crippen molar-refractivity contribution in [1.82, 2.24) is 25.5 Å². The summed E-state index contributed by atoms with van der Waals surface area (Å²) in [4.78, 5) is 13.9. The summed E-state index contributed by atoms with van der Waals surface area (Å²) in [6, 6.07) is 15.8. The fourth-order valence-electron chi connectivity index (χ4n) is 3.21. The van der Waals surface area contributed by atoms with Gasteiger partial charge in [-0.2, -0.15) is 4.80 Å². The molecule has 1 atom stereocenters. The molecule has 0 bridgehead atoms. The van der Waals surface area contributed by atoms with Gasteiger partial charge in [0.2, 0.25) is 11.7 Å². The summed E-state index contributed by atoms with van der Waals surface area (Å²) in [6.45, 7) is 2.09. The average molecular weight is 377 g/mol. The van der Waals surface area contributed by atoms with E-state index in [1.807, 2.05) is 24.3 Å². The Balaban J connectivity index is 1.43. The predicted octanol–water partition coefficient (Wildman–Crippen LogP) is 2.92. The number of methoxy groups -OCH3 is 1. The maximum atomic E-state index is 12.6. The van der Waals surface area contributed by atoms with E-state index in [9.17, 15) is 4.79 Å². The van der Waals surface area contributed by atoms with Gasteiger partial charge in [-0.3, -0.25) is 4.79 Å². The highest BCUT2D eigenvalue weighted by molar-refractivity contribution is 5.76. The molecule has 0 saturated heterocycles. The number of carbonyl (C=O) groups excluding carboxylic acids is 1. The third-order valence-electron chi connectivity index (χ3n) is 4.91. The van der Waals surface area contributed by atoms with E-state index in [4.69, 9.17) is 4.74 Å². The fourth-order valence-corrected chi connectivity index (χ4v) is 3.21. The molecule has 1 heterocycles. The molecule has 1 aliphatic carbocycles. The van der Waals surface area contributed by atoms with Gasteiger partial charge in [-0.25, -0.2) is 0 Å². The lowest BCUT2D eigenvalue weighted by molar-refractivity contribution is -0.123. The van der Waals surface area contributed by atoms with E-state index in [2.05, 4.69) is 51.9 Å². The van der Waals surface area contributed by atoms with Crippen molar-refractivity contribution in [2.24, 2.45) is 5.92 Å². The zero-order valence-corrected chi connectivity index (χ0v) is 16.0. The molecule has 1 saturated carbocycles. The second-order valence-electron chi connectivity index (χ2n) is 7.17. The third-order valence-corrected chi connectivity index (χ3v) is 4.91. The molecule has 0 spiro atoms. The van der Waals surface area contributed by atoms with Gasteiger partial charge in [0.15, 0.2) is 0 Å². The average Bonchev–Trinajstić information content (AvgIpc) is 3.45. The standard InChI is InChI=1S/C21H23N5O2/c1-14-6-8-15(9-7-14)20(16-10-11-16)22-19(27)13-26-24-21(23-25-26)17-4-3-5-18(12-17)28-2/h3-9,12,16,20H,10-11,13H2,1-2H3,(H,22,27). The van der Waals surface area contributed by atoms with Crippen molar-refractivity contribution in [3.8, 4) is 17.1 Å². The molecule has 4 rings (SSSR count). The number of rotatable bonds is 7. The van der Waals surface area contributed by atoms with Crippen molar-refractivity contribution in [3.63, 3.8) is 0 Å². The van der Waals surface area contributed by atoms with E-state index in [1.165, 1.54) is 10.4 Å². The molecule has 1 N–H and O–H groups in total. The molecule has 1 aromatic heterocycles. The summed E-state index contributed by atoms with van der Waals surface area (Å²) in [5.41, 5.74) is 3.15. The quantitative estimate of drug-likeness (QED) is 0.685. The van der Waals surface area contributed by atoms with E-state index in [1.54, 1.807) is 7.11 Å². The number of hydrogen-bond donors (Lipinski definition) is 1. The molecule has 1 unspecified atom stereocenters. The van der Waals surface area contributed by atoms with Gasteiger partial charge in [0.25, 0.3) is 0 Å². The van der Waals surface area contributed by atoms with E-state index in [0.717, 1.165) is 29.7 Å². The van der Waals surface area contributed by atoms with Gasteiger partial charge < -0.3 is 10.1 Å². The smallest absolute Gasteiger partial charge is 0.244 e. The second kappa shape index (κ2) is 7.80. The van der Waals surface area contributed by atoms with Gasteiger partial charge in [0, 0.05) is 5.56 Å². The summed E-state index contributed by atoms with van der Waals surface area (Å²) in [7, 11) is 1.61. The lowest BCUT2D eigenvalue weighted by Crippen LogP contribution is -2.33. The van der Waals surface area contributed by atoms with Crippen LogP contribution in [0.1, 0.15) is 30.0 Å². The van der Waals surface area contributed by atoms with Crippen molar-refractivity contribution >= 4 is 5.91 Å². The fraction of sp³-hybridized carbons (Fsp3) is 0.333. The zero-order valence-electron chi connectivity index (χ0n) is 16.0. The lowest BCUT2D eigenvalue weighted by Gasteiger charge is -2.18. The molecule has 0 radical (unpaired) electrons. The molecule has 7 nitrogen and oxygen atoms in total. The SMILES string of the molecule is COc1cccc(-c2nnn(CC(=O)NC(c3ccc(C)cc3)C3CC3)n2)c1. The Morgan fingerprint density at radius 3 is 2.75 bits per heavy atom. The Kier molecular flexibility index (Phi) is 5.06. The number of nitrogens with one attached hydrogen (secondary N) is 1. The van der Waals surface area contributed by atoms with E-state index in [0.29, 0.717) is 11.7 Å². The number of benzene rings is 2. The Morgan fingerprint density at radius 1 is 1.25 bits per heavy atom. The Hall–Kier alpha value is -3.22. The van der Waals surface area contributed by atoms with Crippen molar-refractivity contribution in [2.45, 2.75) is 32.4 Å². The molecule has 2 aromatic carbocycles. The van der Waals surface area contributed by atoms with Crippen LogP contribution < -0.4 is 10.1 Å². The molecular weight excluding hydrogens is 354 g/mol. The topological polar surface area (TPSA) is 81.9 Å². The number of nitrogens with zero attached hydrogens (tertiary/aromatic N) is 4. The van der Waals surface area contributed by atoms with Gasteiger partial charge in [0.1, 0.15) is 12.3 Å². The van der Waals surface area contributed by atoms with Crippen LogP contribution in [-0.2, 0) is 11.3 Å². The number of ether oxygens (including phenoxy) is 1. The summed E-state index contributed by atoms with van der Waals surface area (Å²) in [5, 5.41) is 15.5. The highest BCUT2D eigenvalue weighted by Crippen LogP contribution is 2.41. The van der Waals surface area contributed by atoms with Gasteiger partial charge in [0.05, 0.1) is 13.2 Å². The summed E-state index contributed by atoms with van der Waals surface area (Å²) < 4.78 is 5.22. The summed E-state index contributed by atoms with van der Waals surface area (Å²) in [6.07, 6.45) is 2.28. The maximum Gasteiger partial charge on any atom is 0.244 e. The largest absolute Gasteiger partial charge is 0.497 e. The monoisotopic (exact) mass is 377 g/mol. The Bertz CT molecular complexity index is 963. The van der Waals surface area contributed by atoms with Crippen molar-refractivity contribution in [2.75, 3.05) is 7.11 Å². The summed E-state index contributed by atoms with van der Waals surface area (Å²) >= 11 is 0. The second-order valence-corrected chi connectivity index (χ2v) is 7.17. The number of amides is 1. The van der Waals surface area contributed by atoms with Crippen molar-refractivity contribution in [1.29, 1.82) is 0 Å². The maximum absolute atomic E-state index is 12.6. The number of tetrazole rings is 1. The number of aromatic nitrogens is 4. The molecule has 28 heavy (non-hydrogen) atoms. The molecule has 1 amide bonds. The first kappa shape index (κ1) is 18.2. The van der Waals surface area contributed by atoms with Gasteiger partial charge in [-0.05, 0) is 48.6 Å². The third kappa shape index (κ3) is 4.19. The molecular formula is C21H23N5O2. The molecule has 0 aliphatic heterocycles. The van der Waals surface area contributed by atoms with Crippen LogP contribution in [0.2, 0.25) is 0 Å². The van der Waals surface area contributed by atoms with E-state index >= 15 is 0 Å². The highest BCUT2D eigenvalue weighted by atomic mass is 16.5. The minimum absolute atomic E-state index is 0.0338. The normalized spacial score (nSPS) is 14.5. The number of hydrogen-bond acceptors (Lipinski definition) is 5. The lowest BCUT2D eigenvalue weighted by atomic mass is 10.0. The van der Waals surface area contributed by atoms with Crippen LogP contribution in [0.25, 0.3) is 11.4 Å². The van der Waals surface area contributed by atoms with Crippen LogP contribution in [0.4, 0.5) is 0 Å². The number of carbonyl (C=O) groups is 1. The zero-order chi connectivity index (χ0) is 19.5. The van der Waals surface area contributed by atoms with Crippen LogP contribution in [0.5, 0.6) is 5.75 Å². The van der Waals surface area contributed by atoms with Crippen molar-refractivity contribution < 1.29 is 9.53 Å². The first-order valence-corrected chi connectivity index (χ1v) is 9.40. The molecule has 144 valence electrons. The first-order valence-electron chi connectivity index (χ1n) is 9.40. The van der Waals surface area contributed by atoms with Gasteiger partial charge in [-0.1, -0.05) is 42.0 Å². The minimum atomic E-state index is -0.118. The van der Waals surface area contributed by atoms with Gasteiger partial charge in [-0.15, -0.1) is 10.2 Å². The Labute approximate surface area is 163 Å². The molecule has 1 fully saturated rings. The van der Waals surface area contributed by atoms with Crippen LogP contribution in [0, 0.1) is 12.8 Å². The first-order chi connectivity index (χ1) is 13.6. The molecule has 3 aromatic rings. The number of aryl methyl sites for hydroxylation is 1. The van der Waals surface area contributed by atoms with Gasteiger partial charge >= 0.3 is 0 Å². The minimum Gasteiger partial charge on any atom is -0.497 e. The van der Waals surface area contributed by atoms with Crippen LogP contribution >= 0.6 is 0 Å². The van der Waals surface area contributed by atoms with E-state index in [-0.39, 0.29) is 18.5 Å². The molecule has 1 aliphatic rings. The van der Waals surface area contributed by atoms with Crippen LogP contribution in [0.15, 0.2) is 48.5 Å². The van der Waals surface area contributed by atoms with E-state index < -0.39 is 0 Å². The predicted molar refractivity (Wildman–Crippen MR) is 105 cm³/mol. The Morgan fingerprint density at radius 2 is 2.04 bits per heavy atom.